The fraction of sp³-hybridized carbons (Fsp3) is 0.161. The van der Waals surface area contributed by atoms with Crippen LogP contribution in [0.3, 0.4) is 0 Å². The zero-order chi connectivity index (χ0) is 26.4. The summed E-state index contributed by atoms with van der Waals surface area (Å²) in [5, 5.41) is 12.6. The van der Waals surface area contributed by atoms with Crippen LogP contribution in [0.25, 0.3) is 11.8 Å². The number of nitriles is 1. The summed E-state index contributed by atoms with van der Waals surface area (Å²) in [4.78, 5) is 12.8. The summed E-state index contributed by atoms with van der Waals surface area (Å²) in [7, 11) is 0. The van der Waals surface area contributed by atoms with Crippen LogP contribution >= 0.6 is 0 Å². The van der Waals surface area contributed by atoms with Crippen molar-refractivity contribution in [2.75, 3.05) is 0 Å². The number of ether oxygens (including phenoxy) is 1. The summed E-state index contributed by atoms with van der Waals surface area (Å²) >= 11 is 0. The number of halogens is 1. The summed E-state index contributed by atoms with van der Waals surface area (Å²) in [6.07, 6.45) is 1.63. The van der Waals surface area contributed by atoms with Crippen LogP contribution in [0.1, 0.15) is 41.0 Å². The van der Waals surface area contributed by atoms with Gasteiger partial charge < -0.3 is 14.6 Å². The van der Waals surface area contributed by atoms with E-state index in [0.29, 0.717) is 12.4 Å². The Bertz CT molecular complexity index is 1450. The van der Waals surface area contributed by atoms with Crippen LogP contribution in [0, 0.1) is 31.0 Å². The molecular formula is C31H28FN3O2. The molecule has 1 N–H and O–H groups in total. The SMILES string of the molecule is Cc1cc(/C=C(/C#N)C(=O)N[C@H](C)c2ccccc2)c(C)n1-c1ccc(OCc2ccc(F)cc2)cc1. The van der Waals surface area contributed by atoms with Crippen molar-refractivity contribution in [2.24, 2.45) is 0 Å². The van der Waals surface area contributed by atoms with E-state index in [1.165, 1.54) is 12.1 Å². The van der Waals surface area contributed by atoms with Crippen LogP contribution in [0.15, 0.2) is 90.5 Å². The van der Waals surface area contributed by atoms with Gasteiger partial charge in [-0.25, -0.2) is 4.39 Å². The molecule has 0 fully saturated rings. The number of hydrogen-bond acceptors (Lipinski definition) is 3. The lowest BCUT2D eigenvalue weighted by molar-refractivity contribution is -0.117. The maximum absolute atomic E-state index is 13.1. The van der Waals surface area contributed by atoms with Gasteiger partial charge >= 0.3 is 0 Å². The average molecular weight is 494 g/mol. The van der Waals surface area contributed by atoms with Crippen molar-refractivity contribution in [2.45, 2.75) is 33.4 Å². The smallest absolute Gasteiger partial charge is 0.262 e. The van der Waals surface area contributed by atoms with Gasteiger partial charge in [-0.3, -0.25) is 4.79 Å². The molecule has 1 aromatic heterocycles. The van der Waals surface area contributed by atoms with E-state index in [4.69, 9.17) is 4.74 Å². The molecule has 5 nitrogen and oxygen atoms in total. The molecule has 0 bridgehead atoms. The predicted molar refractivity (Wildman–Crippen MR) is 143 cm³/mol. The molecule has 0 aliphatic heterocycles. The first kappa shape index (κ1) is 25.5. The minimum absolute atomic E-state index is 0.0487. The van der Waals surface area contributed by atoms with E-state index in [-0.39, 0.29) is 17.4 Å². The molecule has 1 amide bonds. The van der Waals surface area contributed by atoms with Crippen LogP contribution in [0.2, 0.25) is 0 Å². The Balaban J connectivity index is 1.49. The molecule has 0 aliphatic rings. The van der Waals surface area contributed by atoms with Gasteiger partial charge in [0.25, 0.3) is 5.91 Å². The van der Waals surface area contributed by atoms with Gasteiger partial charge in [0.15, 0.2) is 0 Å². The van der Waals surface area contributed by atoms with Crippen molar-refractivity contribution < 1.29 is 13.9 Å². The number of carbonyl (C=O) groups is 1. The normalized spacial score (nSPS) is 12.0. The standard InChI is InChI=1S/C31H28FN3O2/c1-21-17-26(18-27(19-33)31(36)34-22(2)25-7-5-4-6-8-25)23(3)35(21)29-13-15-30(16-14-29)37-20-24-9-11-28(32)12-10-24/h4-18,22H,20H2,1-3H3,(H,34,36)/b27-18-/t22-/m1/s1. The molecule has 6 heteroatoms. The Morgan fingerprint density at radius 3 is 2.38 bits per heavy atom. The van der Waals surface area contributed by atoms with Crippen LogP contribution in [0.4, 0.5) is 4.39 Å². The first-order valence-corrected chi connectivity index (χ1v) is 12.0. The average Bonchev–Trinajstić information content (AvgIpc) is 3.19. The zero-order valence-corrected chi connectivity index (χ0v) is 21.0. The number of nitrogens with zero attached hydrogens (tertiary/aromatic N) is 2. The summed E-state index contributed by atoms with van der Waals surface area (Å²) in [5.74, 6) is 0.0157. The second-order valence-electron chi connectivity index (χ2n) is 8.85. The van der Waals surface area contributed by atoms with Crippen molar-refractivity contribution in [1.29, 1.82) is 5.26 Å². The highest BCUT2D eigenvalue weighted by Gasteiger charge is 2.16. The third kappa shape index (κ3) is 6.14. The van der Waals surface area contributed by atoms with Gasteiger partial charge in [-0.2, -0.15) is 5.26 Å². The molecule has 37 heavy (non-hydrogen) atoms. The highest BCUT2D eigenvalue weighted by molar-refractivity contribution is 6.02. The van der Waals surface area contributed by atoms with Crippen LogP contribution in [0.5, 0.6) is 5.75 Å². The lowest BCUT2D eigenvalue weighted by Gasteiger charge is -2.14. The van der Waals surface area contributed by atoms with E-state index >= 15 is 0 Å². The maximum Gasteiger partial charge on any atom is 0.262 e. The summed E-state index contributed by atoms with van der Waals surface area (Å²) in [6, 6.07) is 27.3. The molecule has 1 heterocycles. The van der Waals surface area contributed by atoms with E-state index in [9.17, 15) is 14.4 Å². The molecule has 1 atom stereocenters. The number of hydrogen-bond donors (Lipinski definition) is 1. The Morgan fingerprint density at radius 2 is 1.73 bits per heavy atom. The molecule has 4 rings (SSSR count). The summed E-state index contributed by atoms with van der Waals surface area (Å²) < 4.78 is 21.0. The van der Waals surface area contributed by atoms with E-state index in [1.807, 2.05) is 87.5 Å². The highest BCUT2D eigenvalue weighted by atomic mass is 19.1. The molecule has 0 unspecified atom stereocenters. The third-order valence-electron chi connectivity index (χ3n) is 6.20. The van der Waals surface area contributed by atoms with Gasteiger partial charge in [-0.05, 0) is 86.0 Å². The fourth-order valence-corrected chi connectivity index (χ4v) is 4.17. The van der Waals surface area contributed by atoms with Gasteiger partial charge in [-0.15, -0.1) is 0 Å². The number of carbonyl (C=O) groups excluding carboxylic acids is 1. The molecular weight excluding hydrogens is 465 g/mol. The summed E-state index contributed by atoms with van der Waals surface area (Å²) in [5.41, 5.74) is 5.52. The van der Waals surface area contributed by atoms with Crippen molar-refractivity contribution in [3.8, 4) is 17.5 Å². The van der Waals surface area contributed by atoms with Crippen molar-refractivity contribution in [3.63, 3.8) is 0 Å². The van der Waals surface area contributed by atoms with E-state index in [2.05, 4.69) is 9.88 Å². The summed E-state index contributed by atoms with van der Waals surface area (Å²) in [6.45, 7) is 6.17. The predicted octanol–water partition coefficient (Wildman–Crippen LogP) is 6.60. The third-order valence-corrected chi connectivity index (χ3v) is 6.20. The molecule has 0 aliphatic carbocycles. The Kier molecular flexibility index (Phi) is 7.85. The first-order valence-electron chi connectivity index (χ1n) is 12.0. The van der Waals surface area contributed by atoms with Crippen LogP contribution < -0.4 is 10.1 Å². The lowest BCUT2D eigenvalue weighted by atomic mass is 10.1. The van der Waals surface area contributed by atoms with E-state index < -0.39 is 5.91 Å². The number of aryl methyl sites for hydroxylation is 1. The van der Waals surface area contributed by atoms with Gasteiger partial charge in [0.2, 0.25) is 0 Å². The van der Waals surface area contributed by atoms with Crippen molar-refractivity contribution in [1.82, 2.24) is 9.88 Å². The van der Waals surface area contributed by atoms with Gasteiger partial charge in [0.1, 0.15) is 29.8 Å². The lowest BCUT2D eigenvalue weighted by Crippen LogP contribution is -2.27. The quantitative estimate of drug-likeness (QED) is 0.222. The Hall–Kier alpha value is -4.63. The number of rotatable bonds is 8. The van der Waals surface area contributed by atoms with Crippen molar-refractivity contribution in [3.05, 3.63) is 124 Å². The van der Waals surface area contributed by atoms with E-state index in [1.54, 1.807) is 18.2 Å². The van der Waals surface area contributed by atoms with Crippen LogP contribution in [-0.2, 0) is 11.4 Å². The van der Waals surface area contributed by atoms with E-state index in [0.717, 1.165) is 33.8 Å². The topological polar surface area (TPSA) is 67.0 Å². The van der Waals surface area contributed by atoms with Gasteiger partial charge in [-0.1, -0.05) is 42.5 Å². The maximum atomic E-state index is 13.1. The molecule has 186 valence electrons. The molecule has 0 radical (unpaired) electrons. The minimum atomic E-state index is -0.411. The number of nitrogens with one attached hydrogen (secondary N) is 1. The zero-order valence-electron chi connectivity index (χ0n) is 21.0. The largest absolute Gasteiger partial charge is 0.489 e. The van der Waals surface area contributed by atoms with Gasteiger partial charge in [0, 0.05) is 17.1 Å². The number of benzene rings is 3. The second kappa shape index (κ2) is 11.4. The molecule has 0 spiro atoms. The fourth-order valence-electron chi connectivity index (χ4n) is 4.17. The number of aromatic nitrogens is 1. The number of amides is 1. The Labute approximate surface area is 216 Å². The Morgan fingerprint density at radius 1 is 1.05 bits per heavy atom. The van der Waals surface area contributed by atoms with Gasteiger partial charge in [0.05, 0.1) is 6.04 Å². The minimum Gasteiger partial charge on any atom is -0.489 e. The van der Waals surface area contributed by atoms with Crippen molar-refractivity contribution >= 4 is 12.0 Å². The monoisotopic (exact) mass is 493 g/mol. The molecule has 0 saturated carbocycles. The molecule has 3 aromatic carbocycles. The van der Waals surface area contributed by atoms with Crippen LogP contribution in [-0.4, -0.2) is 10.5 Å². The highest BCUT2D eigenvalue weighted by Crippen LogP contribution is 2.25. The molecule has 4 aromatic rings. The first-order chi connectivity index (χ1) is 17.9. The molecule has 0 saturated heterocycles. The second-order valence-corrected chi connectivity index (χ2v) is 8.85.